The highest BCUT2D eigenvalue weighted by molar-refractivity contribution is 5.71. The highest BCUT2D eigenvalue weighted by Crippen LogP contribution is 2.18. The lowest BCUT2D eigenvalue weighted by molar-refractivity contribution is 0.477. The molecule has 3 rings (SSSR count). The van der Waals surface area contributed by atoms with Gasteiger partial charge in [0.05, 0.1) is 0 Å². The third kappa shape index (κ3) is 1.93. The summed E-state index contributed by atoms with van der Waals surface area (Å²) in [4.78, 5) is 9.13. The van der Waals surface area contributed by atoms with E-state index in [1.54, 1.807) is 0 Å². The second-order valence-corrected chi connectivity index (χ2v) is 4.70. The van der Waals surface area contributed by atoms with Gasteiger partial charge in [0.15, 0.2) is 5.65 Å². The second-order valence-electron chi connectivity index (χ2n) is 4.70. The van der Waals surface area contributed by atoms with E-state index in [0.29, 0.717) is 0 Å². The van der Waals surface area contributed by atoms with Crippen molar-refractivity contribution >= 4 is 11.2 Å². The number of pyridine rings is 1. The predicted octanol–water partition coefficient (Wildman–Crippen LogP) is 1.60. The largest absolute Gasteiger partial charge is 0.316 e. The maximum Gasteiger partial charge on any atom is 0.159 e. The molecule has 2 aromatic rings. The molecule has 1 fully saturated rings. The molecule has 1 N–H and O–H groups in total. The minimum absolute atomic E-state index is 0.722. The van der Waals surface area contributed by atoms with Crippen molar-refractivity contribution in [2.75, 3.05) is 13.1 Å². The van der Waals surface area contributed by atoms with Gasteiger partial charge in [-0.05, 0) is 37.6 Å². The van der Waals surface area contributed by atoms with E-state index in [2.05, 4.69) is 26.8 Å². The van der Waals surface area contributed by atoms with Gasteiger partial charge in [-0.25, -0.2) is 9.97 Å². The molecule has 0 aliphatic carbocycles. The summed E-state index contributed by atoms with van der Waals surface area (Å²) >= 11 is 0. The van der Waals surface area contributed by atoms with Crippen molar-refractivity contribution in [1.82, 2.24) is 19.9 Å². The van der Waals surface area contributed by atoms with Crippen LogP contribution >= 0.6 is 0 Å². The second kappa shape index (κ2) is 4.45. The summed E-state index contributed by atoms with van der Waals surface area (Å²) in [6.45, 7) is 5.47. The van der Waals surface area contributed by atoms with Gasteiger partial charge in [-0.1, -0.05) is 6.92 Å². The Balaban J connectivity index is 1.99. The minimum atomic E-state index is 0.722. The molecule has 1 unspecified atom stereocenters. The Morgan fingerprint density at radius 2 is 2.47 bits per heavy atom. The van der Waals surface area contributed by atoms with E-state index in [0.717, 1.165) is 49.0 Å². The molecule has 1 aliphatic heterocycles. The average Bonchev–Trinajstić information content (AvgIpc) is 2.98. The van der Waals surface area contributed by atoms with Crippen LogP contribution in [-0.2, 0) is 13.0 Å². The molecule has 0 spiro atoms. The first-order valence-corrected chi connectivity index (χ1v) is 6.39. The quantitative estimate of drug-likeness (QED) is 0.871. The molecule has 4 nitrogen and oxygen atoms in total. The zero-order chi connectivity index (χ0) is 11.7. The molecule has 1 atom stereocenters. The molecule has 1 saturated heterocycles. The molecule has 17 heavy (non-hydrogen) atoms. The van der Waals surface area contributed by atoms with E-state index in [1.807, 2.05) is 18.3 Å². The molecule has 0 bridgehead atoms. The minimum Gasteiger partial charge on any atom is -0.316 e. The summed E-state index contributed by atoms with van der Waals surface area (Å²) in [5.41, 5.74) is 2.06. The van der Waals surface area contributed by atoms with E-state index >= 15 is 0 Å². The summed E-state index contributed by atoms with van der Waals surface area (Å²) in [5, 5.41) is 3.42. The Bertz CT molecular complexity index is 511. The van der Waals surface area contributed by atoms with Crippen LogP contribution in [0.25, 0.3) is 11.2 Å². The maximum absolute atomic E-state index is 4.65. The average molecular weight is 230 g/mol. The van der Waals surface area contributed by atoms with Crippen LogP contribution < -0.4 is 5.32 Å². The van der Waals surface area contributed by atoms with Crippen molar-refractivity contribution < 1.29 is 0 Å². The van der Waals surface area contributed by atoms with Gasteiger partial charge in [0, 0.05) is 19.2 Å². The molecule has 4 heteroatoms. The number of hydrogen-bond acceptors (Lipinski definition) is 3. The van der Waals surface area contributed by atoms with Gasteiger partial charge in [0.1, 0.15) is 11.3 Å². The van der Waals surface area contributed by atoms with Crippen LogP contribution in [0.1, 0.15) is 19.2 Å². The fourth-order valence-electron chi connectivity index (χ4n) is 2.60. The van der Waals surface area contributed by atoms with Crippen molar-refractivity contribution in [1.29, 1.82) is 0 Å². The number of aryl methyl sites for hydroxylation is 1. The van der Waals surface area contributed by atoms with E-state index in [4.69, 9.17) is 0 Å². The van der Waals surface area contributed by atoms with Crippen molar-refractivity contribution in [3.63, 3.8) is 0 Å². The Kier molecular flexibility index (Phi) is 2.81. The fraction of sp³-hybridized carbons (Fsp3) is 0.538. The van der Waals surface area contributed by atoms with Crippen molar-refractivity contribution in [2.24, 2.45) is 5.92 Å². The lowest BCUT2D eigenvalue weighted by Gasteiger charge is -2.12. The highest BCUT2D eigenvalue weighted by atomic mass is 15.1. The number of hydrogen-bond donors (Lipinski definition) is 1. The van der Waals surface area contributed by atoms with Crippen molar-refractivity contribution in [3.05, 3.63) is 24.2 Å². The molecule has 0 amide bonds. The number of fused-ring (bicyclic) bond motifs is 1. The van der Waals surface area contributed by atoms with Gasteiger partial charge in [-0.2, -0.15) is 0 Å². The summed E-state index contributed by atoms with van der Waals surface area (Å²) < 4.78 is 2.30. The molecule has 0 radical (unpaired) electrons. The Morgan fingerprint density at radius 1 is 1.53 bits per heavy atom. The SMILES string of the molecule is CCc1nc2cccnc2n1CC1CCNC1. The van der Waals surface area contributed by atoms with Crippen LogP contribution in [0, 0.1) is 5.92 Å². The van der Waals surface area contributed by atoms with Gasteiger partial charge in [-0.15, -0.1) is 0 Å². The lowest BCUT2D eigenvalue weighted by Crippen LogP contribution is -2.16. The smallest absolute Gasteiger partial charge is 0.159 e. The van der Waals surface area contributed by atoms with Gasteiger partial charge in [-0.3, -0.25) is 0 Å². The van der Waals surface area contributed by atoms with Crippen molar-refractivity contribution in [3.8, 4) is 0 Å². The van der Waals surface area contributed by atoms with Crippen molar-refractivity contribution in [2.45, 2.75) is 26.3 Å². The molecule has 3 heterocycles. The summed E-state index contributed by atoms with van der Waals surface area (Å²) in [6.07, 6.45) is 4.08. The molecule has 0 aromatic carbocycles. The molecule has 0 saturated carbocycles. The third-order valence-electron chi connectivity index (χ3n) is 3.50. The summed E-state index contributed by atoms with van der Waals surface area (Å²) in [5.74, 6) is 1.88. The summed E-state index contributed by atoms with van der Waals surface area (Å²) in [6, 6.07) is 4.00. The number of rotatable bonds is 3. The van der Waals surface area contributed by atoms with Crippen LogP contribution in [0.5, 0.6) is 0 Å². The monoisotopic (exact) mass is 230 g/mol. The van der Waals surface area contributed by atoms with Crippen LogP contribution in [-0.4, -0.2) is 27.6 Å². The molecule has 90 valence electrons. The number of nitrogens with one attached hydrogen (secondary N) is 1. The van der Waals surface area contributed by atoms with Crippen LogP contribution in [0.3, 0.4) is 0 Å². The van der Waals surface area contributed by atoms with Crippen LogP contribution in [0.15, 0.2) is 18.3 Å². The first-order chi connectivity index (χ1) is 8.38. The Labute approximate surface area is 101 Å². The maximum atomic E-state index is 4.65. The van der Waals surface area contributed by atoms with Gasteiger partial charge in [0.25, 0.3) is 0 Å². The zero-order valence-corrected chi connectivity index (χ0v) is 10.2. The van der Waals surface area contributed by atoms with Crippen LogP contribution in [0.2, 0.25) is 0 Å². The molecule has 2 aromatic heterocycles. The Hall–Kier alpha value is -1.42. The highest BCUT2D eigenvalue weighted by Gasteiger charge is 2.18. The van der Waals surface area contributed by atoms with Gasteiger partial charge in [0.2, 0.25) is 0 Å². The van der Waals surface area contributed by atoms with E-state index < -0.39 is 0 Å². The first-order valence-electron chi connectivity index (χ1n) is 6.39. The van der Waals surface area contributed by atoms with E-state index in [9.17, 15) is 0 Å². The number of imidazole rings is 1. The van der Waals surface area contributed by atoms with Gasteiger partial charge < -0.3 is 9.88 Å². The number of aromatic nitrogens is 3. The predicted molar refractivity (Wildman–Crippen MR) is 67.9 cm³/mol. The zero-order valence-electron chi connectivity index (χ0n) is 10.2. The van der Waals surface area contributed by atoms with E-state index in [-0.39, 0.29) is 0 Å². The topological polar surface area (TPSA) is 42.7 Å². The van der Waals surface area contributed by atoms with Crippen LogP contribution in [0.4, 0.5) is 0 Å². The standard InChI is InChI=1S/C13H18N4/c1-2-12-16-11-4-3-6-15-13(11)17(12)9-10-5-7-14-8-10/h3-4,6,10,14H,2,5,7-9H2,1H3. The summed E-state index contributed by atoms with van der Waals surface area (Å²) in [7, 11) is 0. The Morgan fingerprint density at radius 3 is 3.24 bits per heavy atom. The third-order valence-corrected chi connectivity index (χ3v) is 3.50. The normalized spacial score (nSPS) is 20.2. The van der Waals surface area contributed by atoms with Gasteiger partial charge >= 0.3 is 0 Å². The molecular weight excluding hydrogens is 212 g/mol. The molecular formula is C13H18N4. The lowest BCUT2D eigenvalue weighted by atomic mass is 10.1. The molecule has 1 aliphatic rings. The number of nitrogens with zero attached hydrogens (tertiary/aromatic N) is 3. The first kappa shape index (κ1) is 10.7. The fourth-order valence-corrected chi connectivity index (χ4v) is 2.60. The van der Waals surface area contributed by atoms with E-state index in [1.165, 1.54) is 6.42 Å².